The Morgan fingerprint density at radius 2 is 2.20 bits per heavy atom. The number of aliphatic imine (C=N–C) groups is 1. The molecule has 0 aliphatic carbocycles. The van der Waals surface area contributed by atoms with E-state index in [0.29, 0.717) is 24.9 Å². The van der Waals surface area contributed by atoms with Crippen molar-refractivity contribution in [2.24, 2.45) is 16.6 Å². The van der Waals surface area contributed by atoms with Gasteiger partial charge in [-0.2, -0.15) is 0 Å². The van der Waals surface area contributed by atoms with Gasteiger partial charge in [-0.1, -0.05) is 13.8 Å². The summed E-state index contributed by atoms with van der Waals surface area (Å²) in [5, 5.41) is 0. The predicted octanol–water partition coefficient (Wildman–Crippen LogP) is 0.646. The lowest BCUT2D eigenvalue weighted by atomic mass is 10.2. The summed E-state index contributed by atoms with van der Waals surface area (Å²) >= 11 is 0. The molecule has 3 nitrogen and oxygen atoms in total. The van der Waals surface area contributed by atoms with E-state index >= 15 is 0 Å². The fraction of sp³-hybridized carbons (Fsp3) is 0.857. The molecule has 3 heteroatoms. The molecular formula is C7H16N2O. The van der Waals surface area contributed by atoms with Crippen LogP contribution in [0.25, 0.3) is 0 Å². The maximum Gasteiger partial charge on any atom is 0.0963 e. The lowest BCUT2D eigenvalue weighted by Gasteiger charge is -2.02. The molecule has 0 aliphatic rings. The van der Waals surface area contributed by atoms with Gasteiger partial charge in [0.05, 0.1) is 19.0 Å². The smallest absolute Gasteiger partial charge is 0.0963 e. The van der Waals surface area contributed by atoms with Crippen LogP contribution >= 0.6 is 0 Å². The Labute approximate surface area is 62.3 Å². The SMILES string of the molecule is COCCN=C(N)C(C)C. The highest BCUT2D eigenvalue weighted by Gasteiger charge is 1.96. The normalized spacial score (nSPS) is 12.6. The first-order valence-corrected chi connectivity index (χ1v) is 3.47. The molecule has 0 rings (SSSR count). The molecule has 0 saturated carbocycles. The van der Waals surface area contributed by atoms with Gasteiger partial charge in [0.25, 0.3) is 0 Å². The van der Waals surface area contributed by atoms with E-state index in [4.69, 9.17) is 10.5 Å². The standard InChI is InChI=1S/C7H16N2O/c1-6(2)7(8)9-4-5-10-3/h6H,4-5H2,1-3H3,(H2,8,9). The zero-order valence-corrected chi connectivity index (χ0v) is 6.92. The summed E-state index contributed by atoms with van der Waals surface area (Å²) in [6, 6.07) is 0. The van der Waals surface area contributed by atoms with E-state index in [1.807, 2.05) is 13.8 Å². The van der Waals surface area contributed by atoms with Crippen LogP contribution in [0.4, 0.5) is 0 Å². The first kappa shape index (κ1) is 9.43. The summed E-state index contributed by atoms with van der Waals surface area (Å²) in [6.07, 6.45) is 0. The van der Waals surface area contributed by atoms with E-state index in [0.717, 1.165) is 0 Å². The van der Waals surface area contributed by atoms with E-state index in [-0.39, 0.29) is 0 Å². The summed E-state index contributed by atoms with van der Waals surface area (Å²) in [5.41, 5.74) is 5.55. The Balaban J connectivity index is 3.48. The molecule has 0 bridgehead atoms. The molecule has 0 fully saturated rings. The minimum Gasteiger partial charge on any atom is -0.387 e. The van der Waals surface area contributed by atoms with Crippen LogP contribution in [0, 0.1) is 5.92 Å². The number of rotatable bonds is 4. The first-order chi connectivity index (χ1) is 4.68. The van der Waals surface area contributed by atoms with Crippen LogP contribution in [0.1, 0.15) is 13.8 Å². The van der Waals surface area contributed by atoms with Gasteiger partial charge in [0.2, 0.25) is 0 Å². The molecule has 0 saturated heterocycles. The van der Waals surface area contributed by atoms with E-state index < -0.39 is 0 Å². The van der Waals surface area contributed by atoms with E-state index in [9.17, 15) is 0 Å². The number of hydrogen-bond donors (Lipinski definition) is 1. The van der Waals surface area contributed by atoms with Crippen LogP contribution in [-0.4, -0.2) is 26.1 Å². The van der Waals surface area contributed by atoms with Crippen molar-refractivity contribution in [1.82, 2.24) is 0 Å². The molecule has 0 aromatic heterocycles. The second-order valence-corrected chi connectivity index (χ2v) is 2.45. The van der Waals surface area contributed by atoms with Gasteiger partial charge < -0.3 is 10.5 Å². The van der Waals surface area contributed by atoms with Crippen LogP contribution < -0.4 is 5.73 Å². The molecule has 0 heterocycles. The van der Waals surface area contributed by atoms with Crippen molar-refractivity contribution in [3.63, 3.8) is 0 Å². The Hall–Kier alpha value is -0.570. The molecule has 0 aromatic rings. The second-order valence-electron chi connectivity index (χ2n) is 2.45. The molecule has 2 N–H and O–H groups in total. The van der Waals surface area contributed by atoms with E-state index in [1.54, 1.807) is 7.11 Å². The summed E-state index contributed by atoms with van der Waals surface area (Å²) in [5.74, 6) is 1.05. The predicted molar refractivity (Wildman–Crippen MR) is 43.2 cm³/mol. The minimum atomic E-state index is 0.344. The van der Waals surface area contributed by atoms with Gasteiger partial charge in [-0.3, -0.25) is 4.99 Å². The number of nitrogens with zero attached hydrogens (tertiary/aromatic N) is 1. The third-order valence-electron chi connectivity index (χ3n) is 1.18. The highest BCUT2D eigenvalue weighted by molar-refractivity contribution is 5.82. The monoisotopic (exact) mass is 144 g/mol. The molecular weight excluding hydrogens is 128 g/mol. The number of nitrogens with two attached hydrogens (primary N) is 1. The topological polar surface area (TPSA) is 47.6 Å². The van der Waals surface area contributed by atoms with Crippen LogP contribution in [-0.2, 0) is 4.74 Å². The Kier molecular flexibility index (Phi) is 4.94. The fourth-order valence-electron chi connectivity index (χ4n) is 0.449. The van der Waals surface area contributed by atoms with Crippen molar-refractivity contribution in [2.75, 3.05) is 20.3 Å². The number of hydrogen-bond acceptors (Lipinski definition) is 2. The van der Waals surface area contributed by atoms with Crippen molar-refractivity contribution in [2.45, 2.75) is 13.8 Å². The van der Waals surface area contributed by atoms with Crippen LogP contribution in [0.3, 0.4) is 0 Å². The lowest BCUT2D eigenvalue weighted by molar-refractivity contribution is 0.208. The first-order valence-electron chi connectivity index (χ1n) is 3.47. The Morgan fingerprint density at radius 3 is 2.60 bits per heavy atom. The molecule has 0 unspecified atom stereocenters. The summed E-state index contributed by atoms with van der Waals surface area (Å²) < 4.78 is 4.81. The third kappa shape index (κ3) is 4.32. The molecule has 0 atom stereocenters. The third-order valence-corrected chi connectivity index (χ3v) is 1.18. The highest BCUT2D eigenvalue weighted by Crippen LogP contribution is 1.90. The number of ether oxygens (including phenoxy) is 1. The quantitative estimate of drug-likeness (QED) is 0.357. The maximum absolute atomic E-state index is 5.55. The van der Waals surface area contributed by atoms with Crippen LogP contribution in [0.2, 0.25) is 0 Å². The van der Waals surface area contributed by atoms with Gasteiger partial charge in [-0.15, -0.1) is 0 Å². The average Bonchev–Trinajstić information content (AvgIpc) is 1.88. The Morgan fingerprint density at radius 1 is 1.60 bits per heavy atom. The van der Waals surface area contributed by atoms with E-state index in [1.165, 1.54) is 0 Å². The average molecular weight is 144 g/mol. The minimum absolute atomic E-state index is 0.344. The van der Waals surface area contributed by atoms with Crippen molar-refractivity contribution in [3.05, 3.63) is 0 Å². The molecule has 0 aromatic carbocycles. The molecule has 10 heavy (non-hydrogen) atoms. The van der Waals surface area contributed by atoms with Crippen molar-refractivity contribution in [3.8, 4) is 0 Å². The maximum atomic E-state index is 5.55. The van der Waals surface area contributed by atoms with Gasteiger partial charge in [-0.05, 0) is 0 Å². The summed E-state index contributed by atoms with van der Waals surface area (Å²) in [6.45, 7) is 5.35. The molecule has 0 aliphatic heterocycles. The Bertz CT molecular complexity index is 110. The molecule has 0 amide bonds. The molecule has 0 radical (unpaired) electrons. The largest absolute Gasteiger partial charge is 0.387 e. The fourth-order valence-corrected chi connectivity index (χ4v) is 0.449. The molecule has 0 spiro atoms. The van der Waals surface area contributed by atoms with Crippen LogP contribution in [0.15, 0.2) is 4.99 Å². The molecule has 60 valence electrons. The van der Waals surface area contributed by atoms with Crippen molar-refractivity contribution >= 4 is 5.84 Å². The van der Waals surface area contributed by atoms with Crippen molar-refractivity contribution in [1.29, 1.82) is 0 Å². The van der Waals surface area contributed by atoms with Crippen molar-refractivity contribution < 1.29 is 4.74 Å². The van der Waals surface area contributed by atoms with Crippen LogP contribution in [0.5, 0.6) is 0 Å². The number of methoxy groups -OCH3 is 1. The zero-order valence-electron chi connectivity index (χ0n) is 6.92. The van der Waals surface area contributed by atoms with E-state index in [2.05, 4.69) is 4.99 Å². The number of amidine groups is 1. The second kappa shape index (κ2) is 5.23. The van der Waals surface area contributed by atoms with Gasteiger partial charge >= 0.3 is 0 Å². The van der Waals surface area contributed by atoms with Gasteiger partial charge in [-0.25, -0.2) is 0 Å². The van der Waals surface area contributed by atoms with Gasteiger partial charge in [0.15, 0.2) is 0 Å². The summed E-state index contributed by atoms with van der Waals surface area (Å²) in [4.78, 5) is 4.08. The zero-order chi connectivity index (χ0) is 7.98. The van der Waals surface area contributed by atoms with Gasteiger partial charge in [0, 0.05) is 13.0 Å². The highest BCUT2D eigenvalue weighted by atomic mass is 16.5. The summed E-state index contributed by atoms with van der Waals surface area (Å²) in [7, 11) is 1.65. The lowest BCUT2D eigenvalue weighted by Crippen LogP contribution is -2.19. The van der Waals surface area contributed by atoms with Gasteiger partial charge in [0.1, 0.15) is 0 Å².